The number of hydrogen-bond acceptors (Lipinski definition) is 6. The van der Waals surface area contributed by atoms with Crippen LogP contribution in [-0.4, -0.2) is 26.1 Å². The summed E-state index contributed by atoms with van der Waals surface area (Å²) in [7, 11) is 0. The van der Waals surface area contributed by atoms with Crippen molar-refractivity contribution in [2.75, 3.05) is 11.6 Å². The summed E-state index contributed by atoms with van der Waals surface area (Å²) in [5.74, 6) is -0.886. The van der Waals surface area contributed by atoms with E-state index in [1.807, 2.05) is 36.8 Å². The Hall–Kier alpha value is -2.96. The number of amides is 1. The van der Waals surface area contributed by atoms with Crippen LogP contribution in [0.2, 0.25) is 0 Å². The van der Waals surface area contributed by atoms with Gasteiger partial charge in [-0.25, -0.2) is 4.39 Å². The molecule has 2 heterocycles. The standard InChI is InChI=1S/C19H16FN5OS2/c1-11-7-13(12(2)25(11)16-6-4-5-15(20)9-16)8-14(10-21)17(26)22-18-23-19(27-3)24-28-18/h4-9H,1-3H3,(H,22,23,24,26)/b14-8-. The van der Waals surface area contributed by atoms with Crippen LogP contribution in [0, 0.1) is 31.0 Å². The average Bonchev–Trinajstić information content (AvgIpc) is 3.23. The molecule has 3 aromatic rings. The van der Waals surface area contributed by atoms with Gasteiger partial charge in [-0.05, 0) is 56.0 Å². The van der Waals surface area contributed by atoms with Gasteiger partial charge < -0.3 is 4.57 Å². The molecular formula is C19H16FN5OS2. The molecule has 0 radical (unpaired) electrons. The maximum Gasteiger partial charge on any atom is 0.268 e. The Morgan fingerprint density at radius 1 is 1.39 bits per heavy atom. The maximum atomic E-state index is 13.6. The smallest absolute Gasteiger partial charge is 0.268 e. The van der Waals surface area contributed by atoms with Crippen LogP contribution in [0.4, 0.5) is 9.52 Å². The third-order valence-corrected chi connectivity index (χ3v) is 5.31. The SMILES string of the molecule is CSc1nsc(NC(=O)/C(C#N)=C\c2cc(C)n(-c3cccc(F)c3)c2C)n1. The van der Waals surface area contributed by atoms with Crippen molar-refractivity contribution in [3.63, 3.8) is 0 Å². The molecule has 28 heavy (non-hydrogen) atoms. The monoisotopic (exact) mass is 413 g/mol. The van der Waals surface area contributed by atoms with Gasteiger partial charge in [0.25, 0.3) is 5.91 Å². The molecule has 0 fully saturated rings. The number of aryl methyl sites for hydroxylation is 1. The highest BCUT2D eigenvalue weighted by atomic mass is 32.2. The molecule has 6 nitrogen and oxygen atoms in total. The summed E-state index contributed by atoms with van der Waals surface area (Å²) >= 11 is 2.42. The lowest BCUT2D eigenvalue weighted by atomic mass is 10.1. The number of aromatic nitrogens is 3. The molecule has 0 unspecified atom stereocenters. The number of nitrogens with zero attached hydrogens (tertiary/aromatic N) is 4. The first-order valence-electron chi connectivity index (χ1n) is 8.18. The zero-order chi connectivity index (χ0) is 20.3. The number of benzene rings is 1. The van der Waals surface area contributed by atoms with Crippen molar-refractivity contribution in [2.45, 2.75) is 19.0 Å². The summed E-state index contributed by atoms with van der Waals surface area (Å²) in [4.78, 5) is 16.6. The maximum absolute atomic E-state index is 13.6. The predicted molar refractivity (Wildman–Crippen MR) is 109 cm³/mol. The van der Waals surface area contributed by atoms with Crippen LogP contribution in [0.25, 0.3) is 11.8 Å². The van der Waals surface area contributed by atoms with E-state index in [2.05, 4.69) is 14.7 Å². The average molecular weight is 414 g/mol. The molecule has 3 rings (SSSR count). The number of halogens is 1. The summed E-state index contributed by atoms with van der Waals surface area (Å²) in [5.41, 5.74) is 2.98. The van der Waals surface area contributed by atoms with Gasteiger partial charge in [0, 0.05) is 28.6 Å². The van der Waals surface area contributed by atoms with Gasteiger partial charge in [-0.3, -0.25) is 10.1 Å². The normalized spacial score (nSPS) is 11.3. The first-order valence-corrected chi connectivity index (χ1v) is 10.2. The van der Waals surface area contributed by atoms with Crippen molar-refractivity contribution in [3.05, 3.63) is 58.7 Å². The number of nitriles is 1. The van der Waals surface area contributed by atoms with Gasteiger partial charge in [-0.2, -0.15) is 14.6 Å². The fraction of sp³-hybridized carbons (Fsp3) is 0.158. The molecule has 0 aliphatic heterocycles. The number of carbonyl (C=O) groups excluding carboxylic acids is 1. The number of hydrogen-bond donors (Lipinski definition) is 1. The van der Waals surface area contributed by atoms with Gasteiger partial charge >= 0.3 is 0 Å². The van der Waals surface area contributed by atoms with E-state index in [0.29, 0.717) is 21.5 Å². The molecule has 0 saturated heterocycles. The summed E-state index contributed by atoms with van der Waals surface area (Å²) in [5, 5.41) is 12.9. The molecule has 0 saturated carbocycles. The molecule has 0 spiro atoms. The predicted octanol–water partition coefficient (Wildman–Crippen LogP) is 4.35. The summed E-state index contributed by atoms with van der Waals surface area (Å²) in [6.07, 6.45) is 3.35. The molecule has 0 aliphatic carbocycles. The summed E-state index contributed by atoms with van der Waals surface area (Å²) in [6.45, 7) is 3.73. The summed E-state index contributed by atoms with van der Waals surface area (Å²) < 4.78 is 19.5. The Morgan fingerprint density at radius 2 is 2.18 bits per heavy atom. The second kappa shape index (κ2) is 8.37. The van der Waals surface area contributed by atoms with E-state index in [-0.39, 0.29) is 11.4 Å². The summed E-state index contributed by atoms with van der Waals surface area (Å²) in [6, 6.07) is 10.0. The van der Waals surface area contributed by atoms with Crippen molar-refractivity contribution in [1.82, 2.24) is 13.9 Å². The van der Waals surface area contributed by atoms with Crippen LogP contribution < -0.4 is 5.32 Å². The highest BCUT2D eigenvalue weighted by Gasteiger charge is 2.15. The minimum absolute atomic E-state index is 0.0552. The zero-order valence-electron chi connectivity index (χ0n) is 15.4. The number of anilines is 1. The molecule has 142 valence electrons. The van der Waals surface area contributed by atoms with Crippen molar-refractivity contribution >= 4 is 40.4 Å². The molecule has 1 aromatic carbocycles. The lowest BCUT2D eigenvalue weighted by molar-refractivity contribution is -0.112. The van der Waals surface area contributed by atoms with Gasteiger partial charge in [-0.1, -0.05) is 17.8 Å². The lowest BCUT2D eigenvalue weighted by Gasteiger charge is -2.09. The van der Waals surface area contributed by atoms with Crippen molar-refractivity contribution in [2.24, 2.45) is 0 Å². The first kappa shape index (κ1) is 19.8. The number of nitrogens with one attached hydrogen (secondary N) is 1. The molecule has 1 N–H and O–H groups in total. The van der Waals surface area contributed by atoms with Gasteiger partial charge in [0.1, 0.15) is 17.5 Å². The largest absolute Gasteiger partial charge is 0.318 e. The minimum Gasteiger partial charge on any atom is -0.318 e. The second-order valence-corrected chi connectivity index (χ2v) is 7.38. The molecular weight excluding hydrogens is 397 g/mol. The highest BCUT2D eigenvalue weighted by Crippen LogP contribution is 2.24. The third kappa shape index (κ3) is 4.13. The number of thioether (sulfide) groups is 1. The highest BCUT2D eigenvalue weighted by molar-refractivity contribution is 7.98. The topological polar surface area (TPSA) is 83.6 Å². The Kier molecular flexibility index (Phi) is 5.92. The van der Waals surface area contributed by atoms with E-state index in [4.69, 9.17) is 0 Å². The van der Waals surface area contributed by atoms with E-state index in [1.165, 1.54) is 30.0 Å². The molecule has 2 aromatic heterocycles. The molecule has 0 aliphatic rings. The number of rotatable bonds is 5. The van der Waals surface area contributed by atoms with Crippen LogP contribution in [0.5, 0.6) is 0 Å². The molecule has 1 amide bonds. The lowest BCUT2D eigenvalue weighted by Crippen LogP contribution is -2.13. The van der Waals surface area contributed by atoms with Gasteiger partial charge in [0.2, 0.25) is 10.3 Å². The van der Waals surface area contributed by atoms with Crippen LogP contribution >= 0.6 is 23.3 Å². The van der Waals surface area contributed by atoms with Crippen molar-refractivity contribution in [1.29, 1.82) is 5.26 Å². The van der Waals surface area contributed by atoms with Crippen LogP contribution in [0.1, 0.15) is 17.0 Å². The van der Waals surface area contributed by atoms with Gasteiger partial charge in [-0.15, -0.1) is 0 Å². The fourth-order valence-corrected chi connectivity index (χ4v) is 3.88. The Morgan fingerprint density at radius 3 is 2.82 bits per heavy atom. The van der Waals surface area contributed by atoms with Gasteiger partial charge in [0.05, 0.1) is 0 Å². The van der Waals surface area contributed by atoms with E-state index in [1.54, 1.807) is 12.1 Å². The third-order valence-electron chi connectivity index (χ3n) is 4.01. The Labute approximate surface area is 169 Å². The fourth-order valence-electron chi connectivity index (χ4n) is 2.76. The van der Waals surface area contributed by atoms with E-state index < -0.39 is 5.91 Å². The van der Waals surface area contributed by atoms with E-state index in [9.17, 15) is 14.4 Å². The van der Waals surface area contributed by atoms with Crippen molar-refractivity contribution < 1.29 is 9.18 Å². The minimum atomic E-state index is -0.554. The van der Waals surface area contributed by atoms with Crippen LogP contribution in [0.15, 0.2) is 41.1 Å². The molecule has 9 heteroatoms. The number of carbonyl (C=O) groups is 1. The molecule has 0 bridgehead atoms. The van der Waals surface area contributed by atoms with Crippen LogP contribution in [-0.2, 0) is 4.79 Å². The first-order chi connectivity index (χ1) is 13.4. The van der Waals surface area contributed by atoms with Crippen molar-refractivity contribution in [3.8, 4) is 11.8 Å². The second-order valence-electron chi connectivity index (χ2n) is 5.85. The molecule has 0 atom stereocenters. The van der Waals surface area contributed by atoms with Crippen LogP contribution in [0.3, 0.4) is 0 Å². The zero-order valence-corrected chi connectivity index (χ0v) is 17.0. The Bertz CT molecular complexity index is 1110. The van der Waals surface area contributed by atoms with E-state index >= 15 is 0 Å². The van der Waals surface area contributed by atoms with E-state index in [0.717, 1.165) is 22.9 Å². The Balaban J connectivity index is 1.91. The van der Waals surface area contributed by atoms with Gasteiger partial charge in [0.15, 0.2) is 0 Å². The quantitative estimate of drug-likeness (QED) is 0.382.